The molecule has 0 bridgehead atoms. The van der Waals surface area contributed by atoms with Gasteiger partial charge < -0.3 is 15.0 Å². The number of amides is 1. The fraction of sp³-hybridized carbons (Fsp3) is 0.500. The van der Waals surface area contributed by atoms with E-state index in [1.807, 2.05) is 35.2 Å². The number of rotatable bonds is 1. The van der Waals surface area contributed by atoms with E-state index in [1.165, 1.54) is 0 Å². The monoisotopic (exact) mass is 246 g/mol. The smallest absolute Gasteiger partial charge is 0.252 e. The van der Waals surface area contributed by atoms with Crippen molar-refractivity contribution in [2.45, 2.75) is 6.42 Å². The number of nitrogens with zero attached hydrogens (tertiary/aromatic N) is 1. The minimum absolute atomic E-state index is 0.0602. The number of ether oxygens (including phenoxy) is 1. The Morgan fingerprint density at radius 3 is 2.83 bits per heavy atom. The third-order valence-electron chi connectivity index (χ3n) is 3.83. The third-order valence-corrected chi connectivity index (χ3v) is 3.83. The molecule has 0 aliphatic carbocycles. The molecule has 3 rings (SSSR count). The fourth-order valence-electron chi connectivity index (χ4n) is 2.80. The molecule has 18 heavy (non-hydrogen) atoms. The lowest BCUT2D eigenvalue weighted by atomic mass is 9.87. The van der Waals surface area contributed by atoms with Crippen LogP contribution in [-0.2, 0) is 9.53 Å². The molecule has 1 amide bonds. The van der Waals surface area contributed by atoms with Gasteiger partial charge in [0.15, 0.2) is 0 Å². The Balaban J connectivity index is 1.88. The van der Waals surface area contributed by atoms with E-state index in [1.54, 1.807) is 0 Å². The minimum atomic E-state index is 0.0602. The van der Waals surface area contributed by atoms with Crippen LogP contribution in [0, 0.1) is 5.41 Å². The van der Waals surface area contributed by atoms with Crippen LogP contribution in [0.3, 0.4) is 0 Å². The lowest BCUT2D eigenvalue weighted by Crippen LogP contribution is -2.42. The largest absolute Gasteiger partial charge is 0.371 e. The van der Waals surface area contributed by atoms with Crippen LogP contribution in [0.15, 0.2) is 30.3 Å². The van der Waals surface area contributed by atoms with Crippen molar-refractivity contribution in [3.8, 4) is 0 Å². The zero-order valence-corrected chi connectivity index (χ0v) is 10.4. The Kier molecular flexibility index (Phi) is 3.06. The van der Waals surface area contributed by atoms with Gasteiger partial charge >= 0.3 is 0 Å². The molecule has 1 unspecified atom stereocenters. The molecule has 0 aromatic heterocycles. The molecule has 0 saturated carbocycles. The van der Waals surface area contributed by atoms with Crippen LogP contribution in [0.4, 0.5) is 5.69 Å². The third kappa shape index (κ3) is 2.13. The maximum absolute atomic E-state index is 12.1. The first-order valence-electron chi connectivity index (χ1n) is 6.43. The van der Waals surface area contributed by atoms with E-state index >= 15 is 0 Å². The molecule has 1 aromatic rings. The van der Waals surface area contributed by atoms with Crippen molar-refractivity contribution in [1.82, 2.24) is 5.32 Å². The van der Waals surface area contributed by atoms with Crippen LogP contribution >= 0.6 is 0 Å². The van der Waals surface area contributed by atoms with Gasteiger partial charge in [0.2, 0.25) is 0 Å². The molecule has 1 atom stereocenters. The first-order chi connectivity index (χ1) is 8.79. The van der Waals surface area contributed by atoms with Crippen LogP contribution in [0.5, 0.6) is 0 Å². The molecule has 2 aliphatic rings. The molecule has 4 nitrogen and oxygen atoms in total. The van der Waals surface area contributed by atoms with Crippen LogP contribution in [0.1, 0.15) is 6.42 Å². The maximum Gasteiger partial charge on any atom is 0.252 e. The summed E-state index contributed by atoms with van der Waals surface area (Å²) in [5.74, 6) is 0.0602. The minimum Gasteiger partial charge on any atom is -0.371 e. The van der Waals surface area contributed by atoms with Crippen molar-refractivity contribution in [3.63, 3.8) is 0 Å². The summed E-state index contributed by atoms with van der Waals surface area (Å²) in [4.78, 5) is 14.0. The first-order valence-corrected chi connectivity index (χ1v) is 6.43. The zero-order valence-electron chi connectivity index (χ0n) is 10.4. The summed E-state index contributed by atoms with van der Waals surface area (Å²) in [6.07, 6.45) is 1.07. The molecule has 1 spiro atoms. The number of para-hydroxylation sites is 1. The van der Waals surface area contributed by atoms with Gasteiger partial charge in [-0.25, -0.2) is 0 Å². The Labute approximate surface area is 107 Å². The van der Waals surface area contributed by atoms with Crippen LogP contribution in [0.25, 0.3) is 0 Å². The summed E-state index contributed by atoms with van der Waals surface area (Å²) in [6, 6.07) is 9.87. The Hall–Kier alpha value is -1.39. The molecule has 96 valence electrons. The van der Waals surface area contributed by atoms with Gasteiger partial charge in [0.1, 0.15) is 6.61 Å². The number of hydrogen-bond donors (Lipinski definition) is 1. The molecule has 2 fully saturated rings. The Morgan fingerprint density at radius 2 is 2.11 bits per heavy atom. The maximum atomic E-state index is 12.1. The summed E-state index contributed by atoms with van der Waals surface area (Å²) in [6.45, 7) is 3.57. The average Bonchev–Trinajstić information content (AvgIpc) is 2.78. The summed E-state index contributed by atoms with van der Waals surface area (Å²) >= 11 is 0. The second-order valence-electron chi connectivity index (χ2n) is 5.24. The number of nitrogens with one attached hydrogen (secondary N) is 1. The first kappa shape index (κ1) is 11.7. The highest BCUT2D eigenvalue weighted by atomic mass is 16.5. The van der Waals surface area contributed by atoms with Crippen molar-refractivity contribution in [3.05, 3.63) is 30.3 Å². The molecular formula is C14H18N2O2. The number of carbonyl (C=O) groups excluding carboxylic acids is 1. The highest BCUT2D eigenvalue weighted by Gasteiger charge is 2.39. The van der Waals surface area contributed by atoms with Crippen LogP contribution in [0.2, 0.25) is 0 Å². The van der Waals surface area contributed by atoms with E-state index in [0.29, 0.717) is 6.61 Å². The highest BCUT2D eigenvalue weighted by Crippen LogP contribution is 2.31. The normalized spacial score (nSPS) is 28.7. The summed E-state index contributed by atoms with van der Waals surface area (Å²) in [5.41, 5.74) is 1.06. The summed E-state index contributed by atoms with van der Waals surface area (Å²) in [5, 5.41) is 3.38. The zero-order chi connectivity index (χ0) is 12.4. The van der Waals surface area contributed by atoms with Crippen LogP contribution in [-0.4, -0.2) is 38.8 Å². The summed E-state index contributed by atoms with van der Waals surface area (Å²) < 4.78 is 5.57. The molecule has 2 aliphatic heterocycles. The predicted octanol–water partition coefficient (Wildman–Crippen LogP) is 1.03. The number of carbonyl (C=O) groups is 1. The van der Waals surface area contributed by atoms with Crippen molar-refractivity contribution in [2.24, 2.45) is 5.41 Å². The van der Waals surface area contributed by atoms with Crippen molar-refractivity contribution in [1.29, 1.82) is 0 Å². The second-order valence-corrected chi connectivity index (χ2v) is 5.24. The average molecular weight is 246 g/mol. The molecule has 1 N–H and O–H groups in total. The second kappa shape index (κ2) is 4.71. The predicted molar refractivity (Wildman–Crippen MR) is 69.5 cm³/mol. The Bertz CT molecular complexity index is 427. The van der Waals surface area contributed by atoms with Gasteiger partial charge in [-0.15, -0.1) is 0 Å². The summed E-state index contributed by atoms with van der Waals surface area (Å²) in [7, 11) is 0. The van der Waals surface area contributed by atoms with E-state index in [9.17, 15) is 4.79 Å². The van der Waals surface area contributed by atoms with E-state index in [0.717, 1.165) is 31.7 Å². The van der Waals surface area contributed by atoms with Gasteiger partial charge in [-0.2, -0.15) is 0 Å². The highest BCUT2D eigenvalue weighted by molar-refractivity contribution is 5.94. The van der Waals surface area contributed by atoms with Gasteiger partial charge in [-0.3, -0.25) is 4.79 Å². The number of hydrogen-bond acceptors (Lipinski definition) is 3. The van der Waals surface area contributed by atoms with E-state index in [4.69, 9.17) is 4.74 Å². The lowest BCUT2D eigenvalue weighted by molar-refractivity contribution is -0.122. The number of anilines is 1. The van der Waals surface area contributed by atoms with E-state index < -0.39 is 0 Å². The van der Waals surface area contributed by atoms with Crippen LogP contribution < -0.4 is 10.2 Å². The molecule has 4 heteroatoms. The van der Waals surface area contributed by atoms with Crippen molar-refractivity contribution in [2.75, 3.05) is 37.7 Å². The number of benzene rings is 1. The van der Waals surface area contributed by atoms with Gasteiger partial charge in [-0.1, -0.05) is 18.2 Å². The quantitative estimate of drug-likeness (QED) is 0.804. The molecule has 0 radical (unpaired) electrons. The van der Waals surface area contributed by atoms with E-state index in [-0.39, 0.29) is 17.9 Å². The van der Waals surface area contributed by atoms with Gasteiger partial charge in [-0.05, 0) is 25.1 Å². The lowest BCUT2D eigenvalue weighted by Gasteiger charge is -2.31. The SMILES string of the molecule is O=C1COCC2(CCNC2)CN1c1ccccc1. The molecule has 1 aromatic carbocycles. The topological polar surface area (TPSA) is 41.6 Å². The molecule has 2 saturated heterocycles. The van der Waals surface area contributed by atoms with Crippen molar-refractivity contribution < 1.29 is 9.53 Å². The Morgan fingerprint density at radius 1 is 1.28 bits per heavy atom. The van der Waals surface area contributed by atoms with E-state index in [2.05, 4.69) is 5.32 Å². The van der Waals surface area contributed by atoms with Gasteiger partial charge in [0, 0.05) is 24.2 Å². The van der Waals surface area contributed by atoms with Crippen molar-refractivity contribution >= 4 is 11.6 Å². The van der Waals surface area contributed by atoms with Gasteiger partial charge in [0.25, 0.3) is 5.91 Å². The fourth-order valence-corrected chi connectivity index (χ4v) is 2.80. The van der Waals surface area contributed by atoms with Gasteiger partial charge in [0.05, 0.1) is 6.61 Å². The molecular weight excluding hydrogens is 228 g/mol. The standard InChI is InChI=1S/C14H18N2O2/c17-13-8-18-11-14(6-7-15-9-14)10-16(13)12-4-2-1-3-5-12/h1-5,15H,6-11H2. The molecule has 2 heterocycles.